The average Bonchev–Trinajstić information content (AvgIpc) is 2.89. The zero-order valence-corrected chi connectivity index (χ0v) is 12.0. The number of carbonyl (C=O) groups excluding carboxylic acids is 1. The summed E-state index contributed by atoms with van der Waals surface area (Å²) in [7, 11) is 0. The fourth-order valence-corrected chi connectivity index (χ4v) is 3.20. The van der Waals surface area contributed by atoms with E-state index in [1.807, 2.05) is 0 Å². The molecule has 0 radical (unpaired) electrons. The van der Waals surface area contributed by atoms with Gasteiger partial charge in [-0.1, -0.05) is 19.3 Å². The summed E-state index contributed by atoms with van der Waals surface area (Å²) in [5.41, 5.74) is -1.10. The maximum atomic E-state index is 12.3. The lowest BCUT2D eigenvalue weighted by Crippen LogP contribution is -2.58. The quantitative estimate of drug-likeness (QED) is 0.726. The van der Waals surface area contributed by atoms with Gasteiger partial charge in [-0.3, -0.25) is 0 Å². The number of aliphatic hydroxyl groups is 1. The highest BCUT2D eigenvalue weighted by Gasteiger charge is 2.42. The zero-order valence-electron chi connectivity index (χ0n) is 12.0. The van der Waals surface area contributed by atoms with Gasteiger partial charge in [0.05, 0.1) is 6.10 Å². The Labute approximate surface area is 119 Å². The molecule has 6 heteroatoms. The van der Waals surface area contributed by atoms with E-state index in [0.717, 1.165) is 25.7 Å². The number of carbonyl (C=O) groups is 2. The highest BCUT2D eigenvalue weighted by Crippen LogP contribution is 2.29. The number of carboxylic acid groups (broad SMARTS) is 1. The maximum Gasteiger partial charge on any atom is 0.329 e. The summed E-state index contributed by atoms with van der Waals surface area (Å²) in [4.78, 5) is 25.4. The Morgan fingerprint density at radius 2 is 1.95 bits per heavy atom. The molecule has 6 nitrogen and oxygen atoms in total. The van der Waals surface area contributed by atoms with Gasteiger partial charge in [0.15, 0.2) is 0 Å². The van der Waals surface area contributed by atoms with Crippen LogP contribution in [0, 0.1) is 5.92 Å². The van der Waals surface area contributed by atoms with E-state index < -0.39 is 17.6 Å². The minimum Gasteiger partial charge on any atom is -0.480 e. The molecule has 1 saturated carbocycles. The van der Waals surface area contributed by atoms with Crippen molar-refractivity contribution in [1.82, 2.24) is 10.2 Å². The molecule has 0 aromatic carbocycles. The Morgan fingerprint density at radius 1 is 1.30 bits per heavy atom. The standard InChI is InChI=1S/C14H24N2O4/c1-10(17)11-5-8-16(9-11)13(20)15-14(12(18)19)6-3-2-4-7-14/h10-11,17H,2-9H2,1H3,(H,15,20)(H,18,19). The number of amides is 2. The molecule has 3 N–H and O–H groups in total. The van der Waals surface area contributed by atoms with E-state index in [1.165, 1.54) is 0 Å². The molecule has 0 spiro atoms. The molecule has 1 saturated heterocycles. The van der Waals surface area contributed by atoms with E-state index in [-0.39, 0.29) is 11.9 Å². The van der Waals surface area contributed by atoms with Crippen molar-refractivity contribution in [2.75, 3.05) is 13.1 Å². The largest absolute Gasteiger partial charge is 0.480 e. The van der Waals surface area contributed by atoms with Crippen molar-refractivity contribution in [3.05, 3.63) is 0 Å². The summed E-state index contributed by atoms with van der Waals surface area (Å²) in [5.74, 6) is -0.843. The lowest BCUT2D eigenvalue weighted by molar-refractivity contribution is -0.145. The predicted octanol–water partition coefficient (Wildman–Crippen LogP) is 1.19. The van der Waals surface area contributed by atoms with Gasteiger partial charge in [0.25, 0.3) is 0 Å². The third kappa shape index (κ3) is 3.06. The van der Waals surface area contributed by atoms with Crippen LogP contribution in [-0.2, 0) is 4.79 Å². The first-order chi connectivity index (χ1) is 9.44. The Hall–Kier alpha value is -1.30. The molecule has 2 fully saturated rings. The predicted molar refractivity (Wildman–Crippen MR) is 73.3 cm³/mol. The van der Waals surface area contributed by atoms with Gasteiger partial charge in [-0.25, -0.2) is 9.59 Å². The fraction of sp³-hybridized carbons (Fsp3) is 0.857. The van der Waals surface area contributed by atoms with E-state index >= 15 is 0 Å². The number of rotatable bonds is 3. The molecular formula is C14H24N2O4. The second-order valence-corrected chi connectivity index (χ2v) is 6.11. The second kappa shape index (κ2) is 5.99. The Morgan fingerprint density at radius 3 is 2.45 bits per heavy atom. The van der Waals surface area contributed by atoms with Gasteiger partial charge in [-0.2, -0.15) is 0 Å². The van der Waals surface area contributed by atoms with Gasteiger partial charge in [-0.05, 0) is 26.2 Å². The highest BCUT2D eigenvalue weighted by atomic mass is 16.4. The van der Waals surface area contributed by atoms with Crippen molar-refractivity contribution in [1.29, 1.82) is 0 Å². The molecular weight excluding hydrogens is 260 g/mol. The van der Waals surface area contributed by atoms with Crippen LogP contribution in [0.3, 0.4) is 0 Å². The number of carboxylic acids is 1. The van der Waals surface area contributed by atoms with Crippen LogP contribution in [0.5, 0.6) is 0 Å². The molecule has 114 valence electrons. The zero-order chi connectivity index (χ0) is 14.8. The molecule has 2 atom stereocenters. The van der Waals surface area contributed by atoms with Crippen molar-refractivity contribution in [3.63, 3.8) is 0 Å². The number of hydrogen-bond donors (Lipinski definition) is 3. The van der Waals surface area contributed by atoms with Crippen molar-refractivity contribution < 1.29 is 19.8 Å². The number of nitrogens with one attached hydrogen (secondary N) is 1. The van der Waals surface area contributed by atoms with Gasteiger partial charge >= 0.3 is 12.0 Å². The summed E-state index contributed by atoms with van der Waals surface area (Å²) in [5, 5.41) is 21.7. The normalized spacial score (nSPS) is 27.1. The summed E-state index contributed by atoms with van der Waals surface area (Å²) >= 11 is 0. The van der Waals surface area contributed by atoms with Crippen molar-refractivity contribution in [3.8, 4) is 0 Å². The Balaban J connectivity index is 1.97. The van der Waals surface area contributed by atoms with Gasteiger partial charge in [0, 0.05) is 19.0 Å². The summed E-state index contributed by atoms with van der Waals surface area (Å²) < 4.78 is 0. The van der Waals surface area contributed by atoms with Crippen molar-refractivity contribution in [2.24, 2.45) is 5.92 Å². The van der Waals surface area contributed by atoms with E-state index in [1.54, 1.807) is 11.8 Å². The first-order valence-corrected chi connectivity index (χ1v) is 7.43. The van der Waals surface area contributed by atoms with Crippen molar-refractivity contribution >= 4 is 12.0 Å². The fourth-order valence-electron chi connectivity index (χ4n) is 3.20. The average molecular weight is 284 g/mol. The summed E-state index contributed by atoms with van der Waals surface area (Å²) in [6.45, 7) is 2.81. The molecule has 1 aliphatic carbocycles. The molecule has 2 amide bonds. The number of urea groups is 1. The highest BCUT2D eigenvalue weighted by molar-refractivity contribution is 5.86. The number of nitrogens with zero attached hydrogens (tertiary/aromatic N) is 1. The Kier molecular flexibility index (Phi) is 4.52. The maximum absolute atomic E-state index is 12.3. The van der Waals surface area contributed by atoms with E-state index in [0.29, 0.717) is 25.9 Å². The van der Waals surface area contributed by atoms with Crippen LogP contribution in [0.1, 0.15) is 45.4 Å². The second-order valence-electron chi connectivity index (χ2n) is 6.11. The molecule has 0 bridgehead atoms. The Bertz CT molecular complexity index is 377. The van der Waals surface area contributed by atoms with Crippen LogP contribution in [-0.4, -0.2) is 51.8 Å². The number of hydrogen-bond acceptors (Lipinski definition) is 3. The number of aliphatic hydroxyl groups excluding tert-OH is 1. The molecule has 2 unspecified atom stereocenters. The van der Waals surface area contributed by atoms with Crippen LogP contribution in [0.2, 0.25) is 0 Å². The minimum atomic E-state index is -1.10. The molecule has 2 aliphatic rings. The number of aliphatic carboxylic acids is 1. The van der Waals surface area contributed by atoms with Gasteiger partial charge in [0.1, 0.15) is 5.54 Å². The van der Waals surface area contributed by atoms with Gasteiger partial charge in [0.2, 0.25) is 0 Å². The minimum absolute atomic E-state index is 0.0906. The summed E-state index contributed by atoms with van der Waals surface area (Å²) in [6.07, 6.45) is 4.04. The van der Waals surface area contributed by atoms with Crippen LogP contribution < -0.4 is 5.32 Å². The lowest BCUT2D eigenvalue weighted by Gasteiger charge is -2.35. The first kappa shape index (κ1) is 15.1. The molecule has 1 heterocycles. The SMILES string of the molecule is CC(O)C1CCN(C(=O)NC2(C(=O)O)CCCCC2)C1. The topological polar surface area (TPSA) is 89.9 Å². The van der Waals surface area contributed by atoms with E-state index in [9.17, 15) is 19.8 Å². The van der Waals surface area contributed by atoms with Crippen LogP contribution in [0.4, 0.5) is 4.79 Å². The third-order valence-corrected chi connectivity index (χ3v) is 4.66. The van der Waals surface area contributed by atoms with Crippen molar-refractivity contribution in [2.45, 2.75) is 57.1 Å². The molecule has 20 heavy (non-hydrogen) atoms. The molecule has 0 aromatic rings. The number of likely N-dealkylation sites (tertiary alicyclic amines) is 1. The van der Waals surface area contributed by atoms with E-state index in [2.05, 4.69) is 5.32 Å². The lowest BCUT2D eigenvalue weighted by atomic mass is 9.82. The van der Waals surface area contributed by atoms with Crippen LogP contribution >= 0.6 is 0 Å². The van der Waals surface area contributed by atoms with Gasteiger partial charge < -0.3 is 20.4 Å². The van der Waals surface area contributed by atoms with Gasteiger partial charge in [-0.15, -0.1) is 0 Å². The first-order valence-electron chi connectivity index (χ1n) is 7.43. The van der Waals surface area contributed by atoms with Crippen LogP contribution in [0.25, 0.3) is 0 Å². The third-order valence-electron chi connectivity index (χ3n) is 4.66. The monoisotopic (exact) mass is 284 g/mol. The summed E-state index contributed by atoms with van der Waals surface area (Å²) in [6, 6.07) is -0.308. The molecule has 0 aromatic heterocycles. The molecule has 2 rings (SSSR count). The smallest absolute Gasteiger partial charge is 0.329 e. The van der Waals surface area contributed by atoms with Crippen LogP contribution in [0.15, 0.2) is 0 Å². The molecule has 1 aliphatic heterocycles. The van der Waals surface area contributed by atoms with E-state index in [4.69, 9.17) is 0 Å².